The molecule has 13 heavy (non-hydrogen) atoms. The van der Waals surface area contributed by atoms with Crippen molar-refractivity contribution in [3.63, 3.8) is 0 Å². The van der Waals surface area contributed by atoms with Gasteiger partial charge in [-0.05, 0) is 37.0 Å². The molecule has 1 aromatic heterocycles. The number of terminal acetylenes is 1. The first-order chi connectivity index (χ1) is 6.25. The van der Waals surface area contributed by atoms with Gasteiger partial charge in [-0.3, -0.25) is 0 Å². The molecular weight excluding hydrogens is 160 g/mol. The Morgan fingerprint density at radius 1 is 1.62 bits per heavy atom. The minimum Gasteiger partial charge on any atom is -0.383 e. The summed E-state index contributed by atoms with van der Waals surface area (Å²) in [5, 5.41) is 0. The van der Waals surface area contributed by atoms with Crippen LogP contribution in [0.3, 0.4) is 0 Å². The van der Waals surface area contributed by atoms with E-state index in [1.54, 1.807) is 6.20 Å². The molecule has 1 aromatic rings. The number of nitrogens with two attached hydrogens (primary N) is 1. The number of nitrogens with zero attached hydrogens (tertiary/aromatic N) is 1. The Labute approximate surface area is 79.2 Å². The molecule has 1 rings (SSSR count). The summed E-state index contributed by atoms with van der Waals surface area (Å²) in [5.74, 6) is 3.25. The predicted octanol–water partition coefficient (Wildman–Crippen LogP) is 1.93. The molecule has 2 nitrogen and oxygen atoms in total. The number of hydrogen-bond donors (Lipinski definition) is 1. The lowest BCUT2D eigenvalue weighted by Gasteiger charge is -2.06. The maximum absolute atomic E-state index is 5.74. The molecule has 0 fully saturated rings. The molecule has 0 aliphatic heterocycles. The van der Waals surface area contributed by atoms with Crippen molar-refractivity contribution in [1.29, 1.82) is 0 Å². The first kappa shape index (κ1) is 9.60. The Kier molecular flexibility index (Phi) is 3.33. The number of aromatic nitrogens is 1. The molecule has 0 unspecified atom stereocenters. The zero-order chi connectivity index (χ0) is 9.68. The molecule has 0 spiro atoms. The van der Waals surface area contributed by atoms with Gasteiger partial charge in [0.05, 0.1) is 0 Å². The van der Waals surface area contributed by atoms with Crippen LogP contribution in [-0.2, 0) is 6.42 Å². The minimum absolute atomic E-state index is 0.636. The zero-order valence-corrected chi connectivity index (χ0v) is 7.88. The maximum atomic E-state index is 5.74. The molecular formula is C11H14N2. The van der Waals surface area contributed by atoms with Crippen LogP contribution in [0.1, 0.15) is 24.0 Å². The van der Waals surface area contributed by atoms with Crippen molar-refractivity contribution in [3.8, 4) is 12.3 Å². The average Bonchev–Trinajstić information content (AvgIpc) is 2.10. The van der Waals surface area contributed by atoms with Crippen LogP contribution < -0.4 is 5.73 Å². The second-order valence-electron chi connectivity index (χ2n) is 3.05. The fourth-order valence-electron chi connectivity index (χ4n) is 1.30. The van der Waals surface area contributed by atoms with Gasteiger partial charge in [-0.25, -0.2) is 4.98 Å². The van der Waals surface area contributed by atoms with Crippen molar-refractivity contribution in [3.05, 3.63) is 23.4 Å². The fraction of sp³-hybridized carbons (Fsp3) is 0.364. The van der Waals surface area contributed by atoms with Crippen molar-refractivity contribution in [1.82, 2.24) is 4.98 Å². The number of pyridine rings is 1. The molecule has 0 radical (unpaired) electrons. The van der Waals surface area contributed by atoms with Crippen molar-refractivity contribution >= 4 is 5.82 Å². The summed E-state index contributed by atoms with van der Waals surface area (Å²) >= 11 is 0. The number of hydrogen-bond acceptors (Lipinski definition) is 2. The Bertz CT molecular complexity index is 303. The van der Waals surface area contributed by atoms with E-state index in [1.807, 2.05) is 13.0 Å². The van der Waals surface area contributed by atoms with E-state index >= 15 is 0 Å². The van der Waals surface area contributed by atoms with E-state index in [4.69, 9.17) is 12.2 Å². The first-order valence-corrected chi connectivity index (χ1v) is 4.39. The van der Waals surface area contributed by atoms with E-state index in [2.05, 4.69) is 10.9 Å². The third-order valence-electron chi connectivity index (χ3n) is 2.07. The summed E-state index contributed by atoms with van der Waals surface area (Å²) in [6.45, 7) is 2.04. The SMILES string of the molecule is C#CCCCc1c(C)ccnc1N. The second-order valence-corrected chi connectivity index (χ2v) is 3.05. The second kappa shape index (κ2) is 4.51. The van der Waals surface area contributed by atoms with E-state index in [-0.39, 0.29) is 0 Å². The smallest absolute Gasteiger partial charge is 0.126 e. The van der Waals surface area contributed by atoms with Crippen LogP contribution in [0.25, 0.3) is 0 Å². The van der Waals surface area contributed by atoms with Gasteiger partial charge in [0.25, 0.3) is 0 Å². The van der Waals surface area contributed by atoms with Gasteiger partial charge < -0.3 is 5.73 Å². The van der Waals surface area contributed by atoms with Crippen LogP contribution in [-0.4, -0.2) is 4.98 Å². The minimum atomic E-state index is 0.636. The van der Waals surface area contributed by atoms with Crippen molar-refractivity contribution in [2.24, 2.45) is 0 Å². The highest BCUT2D eigenvalue weighted by molar-refractivity contribution is 5.43. The molecule has 2 heteroatoms. The third-order valence-corrected chi connectivity index (χ3v) is 2.07. The summed E-state index contributed by atoms with van der Waals surface area (Å²) in [6.07, 6.45) is 9.61. The Morgan fingerprint density at radius 3 is 3.00 bits per heavy atom. The first-order valence-electron chi connectivity index (χ1n) is 4.39. The highest BCUT2D eigenvalue weighted by atomic mass is 14.8. The zero-order valence-electron chi connectivity index (χ0n) is 7.88. The van der Waals surface area contributed by atoms with Crippen molar-refractivity contribution < 1.29 is 0 Å². The van der Waals surface area contributed by atoms with E-state index in [0.717, 1.165) is 24.8 Å². The summed E-state index contributed by atoms with van der Waals surface area (Å²) in [5.41, 5.74) is 8.08. The molecule has 1 heterocycles. The summed E-state index contributed by atoms with van der Waals surface area (Å²) in [6, 6.07) is 1.97. The number of unbranched alkanes of at least 4 members (excludes halogenated alkanes) is 1. The molecule has 0 bridgehead atoms. The van der Waals surface area contributed by atoms with Gasteiger partial charge in [0.1, 0.15) is 5.82 Å². The monoisotopic (exact) mass is 174 g/mol. The lowest BCUT2D eigenvalue weighted by Crippen LogP contribution is -2.00. The van der Waals surface area contributed by atoms with Crippen LogP contribution in [0.4, 0.5) is 5.82 Å². The molecule has 0 amide bonds. The van der Waals surface area contributed by atoms with Gasteiger partial charge >= 0.3 is 0 Å². The summed E-state index contributed by atoms with van der Waals surface area (Å²) in [7, 11) is 0. The highest BCUT2D eigenvalue weighted by Crippen LogP contribution is 2.15. The predicted molar refractivity (Wildman–Crippen MR) is 55.2 cm³/mol. The Balaban J connectivity index is 2.71. The standard InChI is InChI=1S/C11H14N2/c1-3-4-5-6-10-9(2)7-8-13-11(10)12/h1,7-8H,4-6H2,2H3,(H2,12,13). The number of rotatable bonds is 3. The van der Waals surface area contributed by atoms with Crippen LogP contribution in [0.2, 0.25) is 0 Å². The molecule has 0 aromatic carbocycles. The lowest BCUT2D eigenvalue weighted by molar-refractivity contribution is 0.850. The topological polar surface area (TPSA) is 38.9 Å². The molecule has 0 aliphatic rings. The highest BCUT2D eigenvalue weighted by Gasteiger charge is 2.02. The van der Waals surface area contributed by atoms with Gasteiger partial charge in [-0.2, -0.15) is 0 Å². The van der Waals surface area contributed by atoms with Gasteiger partial charge in [0, 0.05) is 12.6 Å². The van der Waals surface area contributed by atoms with Crippen LogP contribution in [0.5, 0.6) is 0 Å². The van der Waals surface area contributed by atoms with E-state index in [1.165, 1.54) is 5.56 Å². The lowest BCUT2D eigenvalue weighted by atomic mass is 10.0. The average molecular weight is 174 g/mol. The normalized spacial score (nSPS) is 9.54. The molecule has 0 aliphatic carbocycles. The number of anilines is 1. The Morgan fingerprint density at radius 2 is 2.38 bits per heavy atom. The van der Waals surface area contributed by atoms with Gasteiger partial charge in [-0.1, -0.05) is 0 Å². The van der Waals surface area contributed by atoms with Gasteiger partial charge in [-0.15, -0.1) is 12.3 Å². The molecule has 0 atom stereocenters. The van der Waals surface area contributed by atoms with Crippen LogP contribution >= 0.6 is 0 Å². The number of aryl methyl sites for hydroxylation is 1. The third kappa shape index (κ3) is 2.48. The summed E-state index contributed by atoms with van der Waals surface area (Å²) < 4.78 is 0. The van der Waals surface area contributed by atoms with E-state index < -0.39 is 0 Å². The maximum Gasteiger partial charge on any atom is 0.126 e. The Hall–Kier alpha value is -1.49. The fourth-order valence-corrected chi connectivity index (χ4v) is 1.30. The molecule has 2 N–H and O–H groups in total. The van der Waals surface area contributed by atoms with Gasteiger partial charge in [0.2, 0.25) is 0 Å². The van der Waals surface area contributed by atoms with Crippen LogP contribution in [0, 0.1) is 19.3 Å². The number of nitrogen functional groups attached to an aromatic ring is 1. The molecule has 68 valence electrons. The van der Waals surface area contributed by atoms with E-state index in [9.17, 15) is 0 Å². The van der Waals surface area contributed by atoms with Crippen LogP contribution in [0.15, 0.2) is 12.3 Å². The van der Waals surface area contributed by atoms with Crippen molar-refractivity contribution in [2.75, 3.05) is 5.73 Å². The van der Waals surface area contributed by atoms with Crippen molar-refractivity contribution in [2.45, 2.75) is 26.2 Å². The molecule has 0 saturated carbocycles. The molecule has 0 saturated heterocycles. The largest absolute Gasteiger partial charge is 0.383 e. The van der Waals surface area contributed by atoms with Gasteiger partial charge in [0.15, 0.2) is 0 Å². The quantitative estimate of drug-likeness (QED) is 0.561. The van der Waals surface area contributed by atoms with E-state index in [0.29, 0.717) is 5.82 Å². The summed E-state index contributed by atoms with van der Waals surface area (Å²) in [4.78, 5) is 4.04.